The van der Waals surface area contributed by atoms with E-state index in [-0.39, 0.29) is 29.7 Å². The Morgan fingerprint density at radius 1 is 0.378 bits per heavy atom. The van der Waals surface area contributed by atoms with Gasteiger partial charge < -0.3 is 4.42 Å². The predicted octanol–water partition coefficient (Wildman–Crippen LogP) is 12.6. The van der Waals surface area contributed by atoms with Crippen molar-refractivity contribution < 1.29 is 12.6 Å². The van der Waals surface area contributed by atoms with Crippen molar-refractivity contribution in [3.05, 3.63) is 170 Å². The lowest BCUT2D eigenvalue weighted by atomic mass is 9.84. The summed E-state index contributed by atoms with van der Waals surface area (Å²) in [7, 11) is 0. The molecule has 9 rings (SSSR count). The zero-order valence-electron chi connectivity index (χ0n) is 30.1. The summed E-state index contributed by atoms with van der Waals surface area (Å²) in [4.78, 5) is 0. The first kappa shape index (κ1) is 20.1. The Bertz CT molecular complexity index is 2770. The molecule has 1 heteroatoms. The number of hydrogen-bond donors (Lipinski definition) is 0. The molecule has 0 spiro atoms. The molecule has 0 saturated carbocycles. The SMILES string of the molecule is [2H]c1ccc(-c2ccc(-c3c4ccccc4c(-c4cc(-c5c([2H])c([2H])c([2H])c([2H])c5[2H])cc5oc6ccccc6c45)c4ccccc34)cc2)cc1. The summed E-state index contributed by atoms with van der Waals surface area (Å²) in [6.45, 7) is 0. The van der Waals surface area contributed by atoms with Crippen molar-refractivity contribution in [3.63, 3.8) is 0 Å². The molecule has 210 valence electrons. The Morgan fingerprint density at radius 2 is 0.933 bits per heavy atom. The van der Waals surface area contributed by atoms with Crippen LogP contribution in [0.15, 0.2) is 174 Å². The Labute approximate surface area is 270 Å². The standard InChI is InChI=1S/C44H28O/c1-3-13-29(14-4-1)31-23-25-32(26-24-31)42-34-17-7-9-19-36(34)43(37-20-10-8-18-35(37)42)39-27-33(30-15-5-2-6-16-30)28-41-44(39)38-21-11-12-22-40(38)45-41/h1-28H/i1D,2D,5D,6D,15D,16D. The third kappa shape index (κ3) is 4.17. The van der Waals surface area contributed by atoms with E-state index in [1.54, 1.807) is 18.2 Å². The summed E-state index contributed by atoms with van der Waals surface area (Å²) in [5, 5.41) is 5.99. The van der Waals surface area contributed by atoms with Gasteiger partial charge in [-0.3, -0.25) is 0 Å². The molecule has 0 atom stereocenters. The fraction of sp³-hybridized carbons (Fsp3) is 0. The highest BCUT2D eigenvalue weighted by Gasteiger charge is 2.21. The van der Waals surface area contributed by atoms with Crippen molar-refractivity contribution in [2.75, 3.05) is 0 Å². The van der Waals surface area contributed by atoms with E-state index < -0.39 is 6.04 Å². The van der Waals surface area contributed by atoms with Crippen LogP contribution in [0.4, 0.5) is 0 Å². The fourth-order valence-corrected chi connectivity index (χ4v) is 6.73. The maximum absolute atomic E-state index is 8.82. The Hall–Kier alpha value is -5.92. The van der Waals surface area contributed by atoms with Gasteiger partial charge in [-0.15, -0.1) is 0 Å². The summed E-state index contributed by atoms with van der Waals surface area (Å²) >= 11 is 0. The van der Waals surface area contributed by atoms with Crippen LogP contribution in [0.5, 0.6) is 0 Å². The molecule has 0 radical (unpaired) electrons. The second-order valence-corrected chi connectivity index (χ2v) is 11.2. The molecule has 0 aliphatic rings. The first-order valence-electron chi connectivity index (χ1n) is 17.9. The quantitative estimate of drug-likeness (QED) is 0.189. The summed E-state index contributed by atoms with van der Waals surface area (Å²) < 4.78 is 57.0. The Balaban J connectivity index is 1.37. The van der Waals surface area contributed by atoms with Crippen LogP contribution in [0.1, 0.15) is 8.22 Å². The maximum Gasteiger partial charge on any atom is 0.136 e. The second-order valence-electron chi connectivity index (χ2n) is 11.2. The zero-order valence-corrected chi connectivity index (χ0v) is 24.1. The average molecular weight is 579 g/mol. The van der Waals surface area contributed by atoms with Crippen LogP contribution < -0.4 is 0 Å². The van der Waals surface area contributed by atoms with E-state index in [1.165, 1.54) is 0 Å². The van der Waals surface area contributed by atoms with Gasteiger partial charge in [0.1, 0.15) is 11.2 Å². The third-order valence-corrected chi connectivity index (χ3v) is 8.69. The predicted molar refractivity (Wildman–Crippen MR) is 190 cm³/mol. The molecule has 8 aromatic carbocycles. The molecular formula is C44H28O. The minimum Gasteiger partial charge on any atom is -0.456 e. The van der Waals surface area contributed by atoms with Gasteiger partial charge in [-0.25, -0.2) is 0 Å². The molecule has 0 saturated heterocycles. The van der Waals surface area contributed by atoms with Crippen LogP contribution in [0.2, 0.25) is 0 Å². The van der Waals surface area contributed by atoms with Gasteiger partial charge in [0, 0.05) is 10.8 Å². The smallest absolute Gasteiger partial charge is 0.136 e. The van der Waals surface area contributed by atoms with Gasteiger partial charge in [-0.05, 0) is 84.3 Å². The number of hydrogen-bond acceptors (Lipinski definition) is 1. The van der Waals surface area contributed by atoms with E-state index >= 15 is 0 Å². The normalized spacial score (nSPS) is 13.4. The van der Waals surface area contributed by atoms with Crippen molar-refractivity contribution in [3.8, 4) is 44.5 Å². The molecule has 9 aromatic rings. The minimum atomic E-state index is -0.426. The molecule has 1 heterocycles. The molecule has 0 aliphatic carbocycles. The van der Waals surface area contributed by atoms with Crippen LogP contribution in [-0.4, -0.2) is 0 Å². The number of fused-ring (bicyclic) bond motifs is 5. The van der Waals surface area contributed by atoms with Gasteiger partial charge in [-0.2, -0.15) is 0 Å². The third-order valence-electron chi connectivity index (χ3n) is 8.69. The molecule has 0 N–H and O–H groups in total. The lowest BCUT2D eigenvalue weighted by molar-refractivity contribution is 0.669. The molecule has 0 aliphatic heterocycles. The summed E-state index contributed by atoms with van der Waals surface area (Å²) in [5.41, 5.74) is 8.02. The van der Waals surface area contributed by atoms with Crippen LogP contribution in [0, 0.1) is 0 Å². The van der Waals surface area contributed by atoms with E-state index in [9.17, 15) is 0 Å². The van der Waals surface area contributed by atoms with E-state index in [2.05, 4.69) is 48.5 Å². The van der Waals surface area contributed by atoms with Crippen LogP contribution in [0.3, 0.4) is 0 Å². The molecule has 1 aromatic heterocycles. The maximum atomic E-state index is 8.82. The minimum absolute atomic E-state index is 0.132. The van der Waals surface area contributed by atoms with Crippen LogP contribution in [0.25, 0.3) is 88.0 Å². The summed E-state index contributed by atoms with van der Waals surface area (Å²) in [5.74, 6) is 0. The van der Waals surface area contributed by atoms with Crippen molar-refractivity contribution in [1.29, 1.82) is 0 Å². The fourth-order valence-electron chi connectivity index (χ4n) is 6.73. The van der Waals surface area contributed by atoms with Gasteiger partial charge in [0.25, 0.3) is 0 Å². The Kier molecular flexibility index (Phi) is 4.63. The monoisotopic (exact) mass is 578 g/mol. The Morgan fingerprint density at radius 3 is 1.60 bits per heavy atom. The van der Waals surface area contributed by atoms with Gasteiger partial charge >= 0.3 is 0 Å². The number of furan rings is 1. The highest BCUT2D eigenvalue weighted by Crippen LogP contribution is 2.48. The van der Waals surface area contributed by atoms with Gasteiger partial charge in [0.2, 0.25) is 0 Å². The van der Waals surface area contributed by atoms with Gasteiger partial charge in [0.05, 0.1) is 8.22 Å². The molecule has 45 heavy (non-hydrogen) atoms. The number of para-hydroxylation sites is 1. The van der Waals surface area contributed by atoms with Crippen molar-refractivity contribution in [1.82, 2.24) is 0 Å². The van der Waals surface area contributed by atoms with Crippen molar-refractivity contribution >= 4 is 43.5 Å². The molecule has 0 bridgehead atoms. The average Bonchev–Trinajstić information content (AvgIpc) is 3.54. The second kappa shape index (κ2) is 10.4. The van der Waals surface area contributed by atoms with Crippen LogP contribution in [-0.2, 0) is 0 Å². The highest BCUT2D eigenvalue weighted by molar-refractivity contribution is 6.26. The van der Waals surface area contributed by atoms with Crippen molar-refractivity contribution in [2.24, 2.45) is 0 Å². The summed E-state index contributed by atoms with van der Waals surface area (Å²) in [6.07, 6.45) is 0. The summed E-state index contributed by atoms with van der Waals surface area (Å²) in [6, 6.07) is 43.2. The molecule has 1 nitrogen and oxygen atoms in total. The van der Waals surface area contributed by atoms with E-state index in [0.29, 0.717) is 22.8 Å². The first-order valence-corrected chi connectivity index (χ1v) is 14.9. The topological polar surface area (TPSA) is 13.1 Å². The molecule has 0 fully saturated rings. The number of benzene rings is 8. The van der Waals surface area contributed by atoms with Gasteiger partial charge in [-0.1, -0.05) is 152 Å². The van der Waals surface area contributed by atoms with E-state index in [1.807, 2.05) is 66.7 Å². The lowest BCUT2D eigenvalue weighted by Crippen LogP contribution is -1.92. The highest BCUT2D eigenvalue weighted by atomic mass is 16.3. The largest absolute Gasteiger partial charge is 0.456 e. The van der Waals surface area contributed by atoms with E-state index in [0.717, 1.165) is 65.7 Å². The molecular weight excluding hydrogens is 544 g/mol. The van der Waals surface area contributed by atoms with E-state index in [4.69, 9.17) is 12.6 Å². The molecule has 0 unspecified atom stereocenters. The number of rotatable bonds is 4. The lowest BCUT2D eigenvalue weighted by Gasteiger charge is -2.19. The first-order chi connectivity index (χ1) is 24.8. The van der Waals surface area contributed by atoms with Crippen molar-refractivity contribution in [2.45, 2.75) is 0 Å². The molecule has 0 amide bonds. The van der Waals surface area contributed by atoms with Crippen LogP contribution >= 0.6 is 0 Å². The van der Waals surface area contributed by atoms with Gasteiger partial charge in [0.15, 0.2) is 0 Å². The zero-order chi connectivity index (χ0) is 35.0.